The molecule has 0 unspecified atom stereocenters. The Morgan fingerprint density at radius 3 is 2.20 bits per heavy atom. The lowest BCUT2D eigenvalue weighted by atomic mass is 9.93. The minimum absolute atomic E-state index is 0.120. The number of amides is 1. The van der Waals surface area contributed by atoms with Gasteiger partial charge in [0.05, 0.1) is 12.1 Å². The standard InChI is InChI=1S/C19H34N4O2/c1-20-10-12-21(13-11-20)16-14-22(15-17(16)24)18(25)19(6-2-3-7-19)23-8-4-5-9-23/h16-17,24H,2-15H2,1H3/t16-,17-/m0/s1. The Morgan fingerprint density at radius 2 is 1.56 bits per heavy atom. The van der Waals surface area contributed by atoms with E-state index in [2.05, 4.69) is 21.7 Å². The Labute approximate surface area is 151 Å². The van der Waals surface area contributed by atoms with E-state index < -0.39 is 6.10 Å². The summed E-state index contributed by atoms with van der Waals surface area (Å²) < 4.78 is 0. The summed E-state index contributed by atoms with van der Waals surface area (Å²) in [5, 5.41) is 10.7. The maximum absolute atomic E-state index is 13.5. The van der Waals surface area contributed by atoms with Crippen LogP contribution in [0.4, 0.5) is 0 Å². The molecule has 3 saturated heterocycles. The lowest BCUT2D eigenvalue weighted by Gasteiger charge is -2.40. The highest BCUT2D eigenvalue weighted by molar-refractivity contribution is 5.87. The maximum Gasteiger partial charge on any atom is 0.243 e. The molecule has 6 heteroatoms. The Morgan fingerprint density at radius 1 is 0.920 bits per heavy atom. The number of aliphatic hydroxyl groups excluding tert-OH is 1. The molecule has 4 rings (SSSR count). The molecule has 0 aromatic heterocycles. The SMILES string of the molecule is CN1CCN([C@H]2CN(C(=O)C3(N4CCCC4)CCCC3)C[C@@H]2O)CC1. The van der Waals surface area contributed by atoms with Crippen LogP contribution in [0.3, 0.4) is 0 Å². The average Bonchev–Trinajstić information content (AvgIpc) is 3.36. The van der Waals surface area contributed by atoms with Gasteiger partial charge in [-0.25, -0.2) is 0 Å². The third kappa shape index (κ3) is 3.22. The molecule has 3 heterocycles. The van der Waals surface area contributed by atoms with Crippen LogP contribution in [0.2, 0.25) is 0 Å². The summed E-state index contributed by atoms with van der Waals surface area (Å²) in [4.78, 5) is 22.7. The van der Waals surface area contributed by atoms with E-state index in [0.29, 0.717) is 19.0 Å². The highest BCUT2D eigenvalue weighted by atomic mass is 16.3. The zero-order valence-electron chi connectivity index (χ0n) is 15.7. The molecule has 0 aromatic rings. The van der Waals surface area contributed by atoms with Gasteiger partial charge in [-0.1, -0.05) is 12.8 Å². The van der Waals surface area contributed by atoms with E-state index in [1.165, 1.54) is 25.7 Å². The summed E-state index contributed by atoms with van der Waals surface area (Å²) in [6, 6.07) is 0.120. The summed E-state index contributed by atoms with van der Waals surface area (Å²) in [6.07, 6.45) is 6.41. The topological polar surface area (TPSA) is 50.3 Å². The van der Waals surface area contributed by atoms with Crippen molar-refractivity contribution < 1.29 is 9.90 Å². The minimum atomic E-state index is -0.399. The molecule has 2 atom stereocenters. The first-order chi connectivity index (χ1) is 12.1. The lowest BCUT2D eigenvalue weighted by molar-refractivity contribution is -0.143. The van der Waals surface area contributed by atoms with Crippen molar-refractivity contribution >= 4 is 5.91 Å². The zero-order valence-corrected chi connectivity index (χ0v) is 15.7. The van der Waals surface area contributed by atoms with E-state index in [1.54, 1.807) is 0 Å². The number of β-amino-alcohol motifs (C(OH)–C–C–N with tert-alkyl or cyclic N) is 1. The predicted molar refractivity (Wildman–Crippen MR) is 97.5 cm³/mol. The van der Waals surface area contributed by atoms with Crippen LogP contribution in [0.5, 0.6) is 0 Å². The monoisotopic (exact) mass is 350 g/mol. The van der Waals surface area contributed by atoms with Crippen molar-refractivity contribution in [1.29, 1.82) is 0 Å². The van der Waals surface area contributed by atoms with Crippen LogP contribution >= 0.6 is 0 Å². The van der Waals surface area contributed by atoms with Crippen molar-refractivity contribution in [2.45, 2.75) is 56.2 Å². The number of carbonyl (C=O) groups excluding carboxylic acids is 1. The van der Waals surface area contributed by atoms with E-state index >= 15 is 0 Å². The molecule has 1 amide bonds. The maximum atomic E-state index is 13.5. The molecule has 1 aliphatic carbocycles. The van der Waals surface area contributed by atoms with Crippen LogP contribution in [0.25, 0.3) is 0 Å². The first kappa shape index (κ1) is 17.7. The predicted octanol–water partition coefficient (Wildman–Crippen LogP) is 0.214. The van der Waals surface area contributed by atoms with Gasteiger partial charge in [-0.15, -0.1) is 0 Å². The normalized spacial score (nSPS) is 34.9. The molecule has 1 saturated carbocycles. The van der Waals surface area contributed by atoms with Gasteiger partial charge in [0, 0.05) is 39.3 Å². The molecule has 0 radical (unpaired) electrons. The third-order valence-electron chi connectivity index (χ3n) is 7.09. The van der Waals surface area contributed by atoms with Crippen LogP contribution in [0, 0.1) is 0 Å². The Bertz CT molecular complexity index is 480. The third-order valence-corrected chi connectivity index (χ3v) is 7.09. The quantitative estimate of drug-likeness (QED) is 0.789. The van der Waals surface area contributed by atoms with Crippen LogP contribution in [-0.4, -0.2) is 108 Å². The molecule has 1 N–H and O–H groups in total. The van der Waals surface area contributed by atoms with E-state index in [4.69, 9.17) is 0 Å². The second kappa shape index (κ2) is 7.14. The Kier molecular flexibility index (Phi) is 5.06. The summed E-state index contributed by atoms with van der Waals surface area (Å²) in [5.41, 5.74) is -0.257. The van der Waals surface area contributed by atoms with Gasteiger partial charge in [0.25, 0.3) is 0 Å². The summed E-state index contributed by atoms with van der Waals surface area (Å²) in [5.74, 6) is 0.308. The number of likely N-dealkylation sites (N-methyl/N-ethyl adjacent to an activating group) is 1. The molecule has 4 aliphatic rings. The summed E-state index contributed by atoms with van der Waals surface area (Å²) >= 11 is 0. The summed E-state index contributed by atoms with van der Waals surface area (Å²) in [6.45, 7) is 7.47. The van der Waals surface area contributed by atoms with Crippen LogP contribution in [0.15, 0.2) is 0 Å². The number of nitrogens with zero attached hydrogens (tertiary/aromatic N) is 4. The number of carbonyl (C=O) groups is 1. The first-order valence-corrected chi connectivity index (χ1v) is 10.3. The molecule has 25 heavy (non-hydrogen) atoms. The van der Waals surface area contributed by atoms with Crippen molar-refractivity contribution in [2.24, 2.45) is 0 Å². The van der Waals surface area contributed by atoms with Gasteiger partial charge >= 0.3 is 0 Å². The average molecular weight is 351 g/mol. The molecule has 0 bridgehead atoms. The molecular weight excluding hydrogens is 316 g/mol. The largest absolute Gasteiger partial charge is 0.390 e. The highest BCUT2D eigenvalue weighted by Gasteiger charge is 2.51. The van der Waals surface area contributed by atoms with Gasteiger partial charge in [-0.2, -0.15) is 0 Å². The van der Waals surface area contributed by atoms with Crippen molar-refractivity contribution in [2.75, 3.05) is 59.4 Å². The van der Waals surface area contributed by atoms with E-state index in [9.17, 15) is 9.90 Å². The van der Waals surface area contributed by atoms with Crippen molar-refractivity contribution in [1.82, 2.24) is 19.6 Å². The van der Waals surface area contributed by atoms with Gasteiger partial charge in [0.1, 0.15) is 5.54 Å². The Hall–Kier alpha value is -0.690. The fourth-order valence-electron chi connectivity index (χ4n) is 5.51. The molecule has 3 aliphatic heterocycles. The molecule has 6 nitrogen and oxygen atoms in total. The highest BCUT2D eigenvalue weighted by Crippen LogP contribution is 2.39. The lowest BCUT2D eigenvalue weighted by Crippen LogP contribution is -2.57. The van der Waals surface area contributed by atoms with Crippen molar-refractivity contribution in [3.63, 3.8) is 0 Å². The molecule has 4 fully saturated rings. The molecular formula is C19H34N4O2. The van der Waals surface area contributed by atoms with Gasteiger partial charge in [0.15, 0.2) is 0 Å². The number of piperazine rings is 1. The summed E-state index contributed by atoms with van der Waals surface area (Å²) in [7, 11) is 2.15. The first-order valence-electron chi connectivity index (χ1n) is 10.3. The number of likely N-dealkylation sites (tertiary alicyclic amines) is 2. The number of hydrogen-bond acceptors (Lipinski definition) is 5. The van der Waals surface area contributed by atoms with E-state index in [0.717, 1.165) is 52.1 Å². The Balaban J connectivity index is 1.45. The van der Waals surface area contributed by atoms with Gasteiger partial charge in [-0.3, -0.25) is 14.6 Å². The second-order valence-electron chi connectivity index (χ2n) is 8.62. The molecule has 142 valence electrons. The fourth-order valence-corrected chi connectivity index (χ4v) is 5.51. The van der Waals surface area contributed by atoms with Crippen molar-refractivity contribution in [3.05, 3.63) is 0 Å². The second-order valence-corrected chi connectivity index (χ2v) is 8.62. The van der Waals surface area contributed by atoms with Gasteiger partial charge in [-0.05, 0) is 45.8 Å². The zero-order chi connectivity index (χ0) is 17.4. The fraction of sp³-hybridized carbons (Fsp3) is 0.947. The molecule has 0 spiro atoms. The van der Waals surface area contributed by atoms with Crippen molar-refractivity contribution in [3.8, 4) is 0 Å². The minimum Gasteiger partial charge on any atom is -0.390 e. The van der Waals surface area contributed by atoms with Gasteiger partial charge in [0.2, 0.25) is 5.91 Å². The van der Waals surface area contributed by atoms with Crippen LogP contribution in [-0.2, 0) is 4.79 Å². The van der Waals surface area contributed by atoms with Gasteiger partial charge < -0.3 is 14.9 Å². The number of aliphatic hydroxyl groups is 1. The number of hydrogen-bond donors (Lipinski definition) is 1. The smallest absolute Gasteiger partial charge is 0.243 e. The van der Waals surface area contributed by atoms with E-state index in [1.807, 2.05) is 4.90 Å². The van der Waals surface area contributed by atoms with E-state index in [-0.39, 0.29) is 11.6 Å². The number of rotatable bonds is 3. The van der Waals surface area contributed by atoms with Crippen LogP contribution < -0.4 is 0 Å². The molecule has 0 aromatic carbocycles. The van der Waals surface area contributed by atoms with Crippen LogP contribution in [0.1, 0.15) is 38.5 Å².